The van der Waals surface area contributed by atoms with Gasteiger partial charge in [-0.05, 0) is 70.4 Å². The maximum atomic E-state index is 10.6. The number of fused-ring (bicyclic) bond motifs is 2. The molecule has 0 atom stereocenters. The molecule has 2 aromatic heterocycles. The third kappa shape index (κ3) is 3.36. The van der Waals surface area contributed by atoms with E-state index in [-0.39, 0.29) is 17.4 Å². The summed E-state index contributed by atoms with van der Waals surface area (Å²) in [4.78, 5) is 8.56. The number of nitrogens with one attached hydrogen (secondary N) is 3. The van der Waals surface area contributed by atoms with E-state index >= 15 is 0 Å². The van der Waals surface area contributed by atoms with E-state index in [0.29, 0.717) is 29.3 Å². The first-order valence-corrected chi connectivity index (χ1v) is 10.1. The van der Waals surface area contributed by atoms with Gasteiger partial charge in [-0.3, -0.25) is 0 Å². The van der Waals surface area contributed by atoms with E-state index in [4.69, 9.17) is 0 Å². The molecule has 30 heavy (non-hydrogen) atoms. The zero-order valence-corrected chi connectivity index (χ0v) is 17.5. The van der Waals surface area contributed by atoms with Crippen LogP contribution in [0.3, 0.4) is 0 Å². The van der Waals surface area contributed by atoms with Gasteiger partial charge in [-0.25, -0.2) is 0 Å². The van der Waals surface area contributed by atoms with Crippen molar-refractivity contribution >= 4 is 21.8 Å². The van der Waals surface area contributed by atoms with E-state index in [0.717, 1.165) is 40.8 Å². The Kier molecular flexibility index (Phi) is 5.32. The highest BCUT2D eigenvalue weighted by Gasteiger charge is 2.22. The molecule has 0 radical (unpaired) electrons. The molecule has 0 saturated heterocycles. The number of rotatable bonds is 7. The van der Waals surface area contributed by atoms with Gasteiger partial charge in [-0.15, -0.1) is 0 Å². The Bertz CT molecular complexity index is 1210. The van der Waals surface area contributed by atoms with Gasteiger partial charge in [-0.2, -0.15) is 0 Å². The number of phenolic OH excluding ortho intramolecular Hbond substituents is 2. The average Bonchev–Trinajstić information content (AvgIpc) is 3.24. The maximum absolute atomic E-state index is 10.6. The van der Waals surface area contributed by atoms with Crippen molar-refractivity contribution in [2.75, 3.05) is 34.2 Å². The quantitative estimate of drug-likeness (QED) is 0.281. The number of benzene rings is 2. The lowest BCUT2D eigenvalue weighted by Gasteiger charge is -2.10. The molecule has 6 N–H and O–H groups in total. The van der Waals surface area contributed by atoms with E-state index < -0.39 is 0 Å². The van der Waals surface area contributed by atoms with Crippen LogP contribution in [0.15, 0.2) is 30.3 Å². The van der Waals surface area contributed by atoms with Crippen molar-refractivity contribution in [1.82, 2.24) is 20.2 Å². The van der Waals surface area contributed by atoms with E-state index in [2.05, 4.69) is 15.3 Å². The molecule has 0 amide bonds. The summed E-state index contributed by atoms with van der Waals surface area (Å²) in [5.41, 5.74) is 4.93. The number of likely N-dealkylation sites (N-methyl/N-ethyl adjacent to an activating group) is 2. The molecule has 158 valence electrons. The molecule has 0 bridgehead atoms. The minimum atomic E-state index is 0.0744. The van der Waals surface area contributed by atoms with Gasteiger partial charge >= 0.3 is 0 Å². The molecule has 2 aromatic carbocycles. The van der Waals surface area contributed by atoms with E-state index in [9.17, 15) is 15.3 Å². The van der Waals surface area contributed by atoms with Crippen LogP contribution in [0.1, 0.15) is 11.1 Å². The van der Waals surface area contributed by atoms with Gasteiger partial charge in [0.2, 0.25) is 0 Å². The number of hydrogen-bond acceptors (Lipinski definition) is 5. The molecule has 0 aliphatic carbocycles. The molecule has 4 aromatic rings. The summed E-state index contributed by atoms with van der Waals surface area (Å²) in [6.07, 6.45) is 1.32. The van der Waals surface area contributed by atoms with Gasteiger partial charge < -0.3 is 35.5 Å². The fourth-order valence-electron chi connectivity index (χ4n) is 4.15. The summed E-state index contributed by atoms with van der Waals surface area (Å²) < 4.78 is 0. The number of phenols is 2. The van der Waals surface area contributed by atoms with Crippen LogP contribution in [0.4, 0.5) is 0 Å². The van der Waals surface area contributed by atoms with Crippen LogP contribution in [0.2, 0.25) is 0 Å². The highest BCUT2D eigenvalue weighted by atomic mass is 16.3. The number of aromatic hydroxyl groups is 3. The van der Waals surface area contributed by atoms with Crippen molar-refractivity contribution in [2.45, 2.75) is 12.8 Å². The standard InChI is InChI=1S/C23H28N4O3/c1-24-11-9-13-19-16(5-4-6-17(19)28)25-21(13)15-7-8-18(29)20-14(10-12-27(2)3)23(30)26-22(15)20/h4-8,24-26,28-30H,9-12H2,1-3H3. The molecular weight excluding hydrogens is 380 g/mol. The number of aromatic amines is 2. The summed E-state index contributed by atoms with van der Waals surface area (Å²) in [6.45, 7) is 1.50. The fourth-order valence-corrected chi connectivity index (χ4v) is 4.15. The first-order valence-electron chi connectivity index (χ1n) is 10.1. The zero-order chi connectivity index (χ0) is 21.4. The van der Waals surface area contributed by atoms with E-state index in [1.165, 1.54) is 0 Å². The minimum Gasteiger partial charge on any atom is -0.507 e. The summed E-state index contributed by atoms with van der Waals surface area (Å²) in [6, 6.07) is 8.94. The molecule has 7 nitrogen and oxygen atoms in total. The number of aromatic nitrogens is 2. The molecule has 0 spiro atoms. The Morgan fingerprint density at radius 1 is 0.900 bits per heavy atom. The van der Waals surface area contributed by atoms with Crippen LogP contribution in [-0.2, 0) is 12.8 Å². The minimum absolute atomic E-state index is 0.0744. The van der Waals surface area contributed by atoms with Crippen LogP contribution in [-0.4, -0.2) is 64.4 Å². The first-order chi connectivity index (χ1) is 14.4. The molecule has 2 heterocycles. The van der Waals surface area contributed by atoms with Gasteiger partial charge in [-0.1, -0.05) is 6.07 Å². The number of hydrogen-bond donors (Lipinski definition) is 6. The molecule has 0 saturated carbocycles. The molecule has 7 heteroatoms. The maximum Gasteiger partial charge on any atom is 0.192 e. The van der Waals surface area contributed by atoms with Crippen LogP contribution >= 0.6 is 0 Å². The molecular formula is C23H28N4O3. The van der Waals surface area contributed by atoms with Crippen LogP contribution in [0.5, 0.6) is 17.4 Å². The summed E-state index contributed by atoms with van der Waals surface area (Å²) in [5, 5.41) is 36.3. The predicted octanol–water partition coefficient (Wildman–Crippen LogP) is 3.30. The Hall–Kier alpha value is -3.16. The Morgan fingerprint density at radius 2 is 1.67 bits per heavy atom. The number of H-pyrrole nitrogens is 2. The normalized spacial score (nSPS) is 11.9. The Labute approximate surface area is 175 Å². The second kappa shape index (κ2) is 7.93. The second-order valence-corrected chi connectivity index (χ2v) is 7.92. The molecule has 4 rings (SSSR count). The van der Waals surface area contributed by atoms with Crippen molar-refractivity contribution in [3.63, 3.8) is 0 Å². The van der Waals surface area contributed by atoms with E-state index in [1.807, 2.05) is 44.2 Å². The lowest BCUT2D eigenvalue weighted by Crippen LogP contribution is -2.14. The average molecular weight is 409 g/mol. The summed E-state index contributed by atoms with van der Waals surface area (Å²) in [7, 11) is 5.84. The smallest absolute Gasteiger partial charge is 0.192 e. The van der Waals surface area contributed by atoms with Crippen LogP contribution in [0.25, 0.3) is 33.1 Å². The third-order valence-corrected chi connectivity index (χ3v) is 5.62. The Balaban J connectivity index is 1.96. The second-order valence-electron chi connectivity index (χ2n) is 7.92. The third-order valence-electron chi connectivity index (χ3n) is 5.62. The Morgan fingerprint density at radius 3 is 2.40 bits per heavy atom. The highest BCUT2D eigenvalue weighted by Crippen LogP contribution is 2.43. The summed E-state index contributed by atoms with van der Waals surface area (Å²) in [5.74, 6) is 0.442. The summed E-state index contributed by atoms with van der Waals surface area (Å²) >= 11 is 0. The van der Waals surface area contributed by atoms with Crippen molar-refractivity contribution in [2.24, 2.45) is 0 Å². The van der Waals surface area contributed by atoms with Gasteiger partial charge in [0.1, 0.15) is 11.5 Å². The van der Waals surface area contributed by atoms with Crippen molar-refractivity contribution in [3.05, 3.63) is 41.5 Å². The molecule has 0 aliphatic heterocycles. The molecule has 0 unspecified atom stereocenters. The van der Waals surface area contributed by atoms with E-state index in [1.54, 1.807) is 12.1 Å². The number of nitrogens with zero attached hydrogens (tertiary/aromatic N) is 1. The molecule has 0 fully saturated rings. The zero-order valence-electron chi connectivity index (χ0n) is 17.5. The fraction of sp³-hybridized carbons (Fsp3) is 0.304. The lowest BCUT2D eigenvalue weighted by atomic mass is 9.98. The van der Waals surface area contributed by atoms with Crippen molar-refractivity contribution in [3.8, 4) is 28.6 Å². The monoisotopic (exact) mass is 408 g/mol. The van der Waals surface area contributed by atoms with Crippen LogP contribution in [0, 0.1) is 0 Å². The van der Waals surface area contributed by atoms with Crippen LogP contribution < -0.4 is 5.32 Å². The van der Waals surface area contributed by atoms with Crippen molar-refractivity contribution < 1.29 is 15.3 Å². The first kappa shape index (κ1) is 20.1. The topological polar surface area (TPSA) is 108 Å². The van der Waals surface area contributed by atoms with Gasteiger partial charge in [0.25, 0.3) is 0 Å². The highest BCUT2D eigenvalue weighted by molar-refractivity contribution is 6.04. The van der Waals surface area contributed by atoms with Crippen molar-refractivity contribution in [1.29, 1.82) is 0 Å². The lowest BCUT2D eigenvalue weighted by molar-refractivity contribution is 0.404. The predicted molar refractivity (Wildman–Crippen MR) is 120 cm³/mol. The largest absolute Gasteiger partial charge is 0.507 e. The van der Waals surface area contributed by atoms with Gasteiger partial charge in [0.15, 0.2) is 5.88 Å². The molecule has 0 aliphatic rings. The SMILES string of the molecule is CNCCc1c(-c2ccc(O)c3c(CCN(C)C)c(O)[nH]c23)[nH]c2cccc(O)c12. The van der Waals surface area contributed by atoms with Gasteiger partial charge in [0.05, 0.1) is 11.2 Å². The van der Waals surface area contributed by atoms with Gasteiger partial charge in [0, 0.05) is 34.0 Å².